The lowest BCUT2D eigenvalue weighted by molar-refractivity contribution is -0.130. The van der Waals surface area contributed by atoms with Crippen LogP contribution in [0.5, 0.6) is 0 Å². The quantitative estimate of drug-likeness (QED) is 0.700. The molecule has 0 radical (unpaired) electrons. The molecule has 1 saturated heterocycles. The molecule has 1 N–H and O–H groups in total. The molecular formula is C15H12Br2ClN3O2S. The Balaban J connectivity index is 1.83. The van der Waals surface area contributed by atoms with E-state index < -0.39 is 0 Å². The normalized spacial score (nSPS) is 17.4. The monoisotopic (exact) mass is 491 g/mol. The third kappa shape index (κ3) is 3.37. The molecule has 0 bridgehead atoms. The summed E-state index contributed by atoms with van der Waals surface area (Å²) < 4.78 is 3.22. The molecule has 2 heterocycles. The molecule has 0 spiro atoms. The van der Waals surface area contributed by atoms with Crippen LogP contribution in [0.3, 0.4) is 0 Å². The number of nitrogens with zero attached hydrogens (tertiary/aromatic N) is 2. The summed E-state index contributed by atoms with van der Waals surface area (Å²) >= 11 is 14.1. The molecule has 0 saturated carbocycles. The van der Waals surface area contributed by atoms with Gasteiger partial charge in [-0.3, -0.25) is 15.0 Å². The number of thioether (sulfide) groups is 1. The lowest BCUT2D eigenvalue weighted by Gasteiger charge is -2.24. The van der Waals surface area contributed by atoms with Crippen LogP contribution in [0.15, 0.2) is 39.4 Å². The maximum absolute atomic E-state index is 12.6. The van der Waals surface area contributed by atoms with E-state index in [1.165, 1.54) is 16.8 Å². The fraction of sp³-hybridized carbons (Fsp3) is 0.200. The Morgan fingerprint density at radius 2 is 2.00 bits per heavy atom. The molecule has 1 atom stereocenters. The highest BCUT2D eigenvalue weighted by molar-refractivity contribution is 9.13. The Hall–Kier alpha value is -0.960. The Kier molecular flexibility index (Phi) is 5.29. The second-order valence-electron chi connectivity index (χ2n) is 5.15. The average Bonchev–Trinajstić information content (AvgIpc) is 3.04. The van der Waals surface area contributed by atoms with E-state index in [1.54, 1.807) is 29.8 Å². The summed E-state index contributed by atoms with van der Waals surface area (Å²) in [5.74, 6) is -0.173. The van der Waals surface area contributed by atoms with Crippen molar-refractivity contribution in [2.45, 2.75) is 5.37 Å². The van der Waals surface area contributed by atoms with Crippen molar-refractivity contribution in [3.05, 3.63) is 55.7 Å². The predicted molar refractivity (Wildman–Crippen MR) is 102 cm³/mol. The number of aromatic nitrogens is 1. The van der Waals surface area contributed by atoms with Crippen molar-refractivity contribution >= 4 is 67.0 Å². The SMILES string of the molecule is Cn1c(C(=O)NN2C(=O)CSC2c2ccc(Cl)cc2)cc(Br)c1Br. The number of rotatable bonds is 3. The highest BCUT2D eigenvalue weighted by Gasteiger charge is 2.35. The summed E-state index contributed by atoms with van der Waals surface area (Å²) in [5.41, 5.74) is 4.06. The number of hydrogen-bond acceptors (Lipinski definition) is 3. The fourth-order valence-corrected chi connectivity index (χ4v) is 4.37. The van der Waals surface area contributed by atoms with Crippen LogP contribution in [0.1, 0.15) is 21.4 Å². The number of halogens is 3. The molecule has 126 valence electrons. The number of benzene rings is 1. The molecule has 3 rings (SSSR count). The Morgan fingerprint density at radius 3 is 2.58 bits per heavy atom. The zero-order valence-electron chi connectivity index (χ0n) is 12.4. The largest absolute Gasteiger partial charge is 0.333 e. The lowest BCUT2D eigenvalue weighted by Crippen LogP contribution is -2.45. The maximum atomic E-state index is 12.6. The van der Waals surface area contributed by atoms with Gasteiger partial charge in [0.15, 0.2) is 0 Å². The minimum absolute atomic E-state index is 0.138. The first kappa shape index (κ1) is 17.8. The molecule has 24 heavy (non-hydrogen) atoms. The first-order chi connectivity index (χ1) is 11.4. The molecular weight excluding hydrogens is 482 g/mol. The van der Waals surface area contributed by atoms with Crippen LogP contribution in [0.2, 0.25) is 5.02 Å². The maximum Gasteiger partial charge on any atom is 0.286 e. The molecule has 9 heteroatoms. The second-order valence-corrected chi connectivity index (χ2v) is 8.26. The van der Waals surface area contributed by atoms with Crippen LogP contribution in [0.25, 0.3) is 0 Å². The zero-order chi connectivity index (χ0) is 17.4. The van der Waals surface area contributed by atoms with Crippen molar-refractivity contribution in [2.75, 3.05) is 5.75 Å². The molecule has 2 aromatic rings. The topological polar surface area (TPSA) is 54.3 Å². The van der Waals surface area contributed by atoms with Crippen molar-refractivity contribution < 1.29 is 9.59 Å². The molecule has 1 aromatic carbocycles. The highest BCUT2D eigenvalue weighted by Crippen LogP contribution is 2.37. The number of nitrogens with one attached hydrogen (secondary N) is 1. The first-order valence-corrected chi connectivity index (χ1v) is 9.90. The Bertz CT molecular complexity index is 810. The van der Waals surface area contributed by atoms with Gasteiger partial charge in [-0.15, -0.1) is 11.8 Å². The minimum atomic E-state index is -0.348. The van der Waals surface area contributed by atoms with Crippen LogP contribution >= 0.6 is 55.2 Å². The molecule has 1 aliphatic rings. The molecule has 1 aromatic heterocycles. The van der Waals surface area contributed by atoms with Gasteiger partial charge in [-0.2, -0.15) is 0 Å². The number of carbonyl (C=O) groups excluding carboxylic acids is 2. The van der Waals surface area contributed by atoms with Gasteiger partial charge in [0.1, 0.15) is 11.1 Å². The molecule has 2 amide bonds. The van der Waals surface area contributed by atoms with Crippen molar-refractivity contribution in [1.82, 2.24) is 15.0 Å². The van der Waals surface area contributed by atoms with Crippen LogP contribution in [0.4, 0.5) is 0 Å². The molecule has 1 aliphatic heterocycles. The Morgan fingerprint density at radius 1 is 1.33 bits per heavy atom. The molecule has 0 aliphatic carbocycles. The number of amides is 2. The first-order valence-electron chi connectivity index (χ1n) is 6.89. The standard InChI is InChI=1S/C15H12Br2ClN3O2S/c1-20-11(6-10(16)13(20)17)14(23)19-21-12(22)7-24-15(21)8-2-4-9(18)5-3-8/h2-6,15H,7H2,1H3,(H,19,23). The van der Waals surface area contributed by atoms with Crippen molar-refractivity contribution in [2.24, 2.45) is 7.05 Å². The van der Waals surface area contributed by atoms with Crippen LogP contribution in [-0.4, -0.2) is 27.1 Å². The van der Waals surface area contributed by atoms with Gasteiger partial charge in [0.2, 0.25) is 0 Å². The predicted octanol–water partition coefficient (Wildman–Crippen LogP) is 4.12. The summed E-state index contributed by atoms with van der Waals surface area (Å²) in [6.45, 7) is 0. The molecule has 1 fully saturated rings. The van der Waals surface area contributed by atoms with E-state index in [9.17, 15) is 9.59 Å². The van der Waals surface area contributed by atoms with E-state index in [-0.39, 0.29) is 17.2 Å². The third-order valence-corrected chi connectivity index (χ3v) is 7.15. The second kappa shape index (κ2) is 7.11. The van der Waals surface area contributed by atoms with Gasteiger partial charge >= 0.3 is 0 Å². The Labute approximate surface area is 164 Å². The van der Waals surface area contributed by atoms with E-state index in [4.69, 9.17) is 11.6 Å². The number of hydrogen-bond donors (Lipinski definition) is 1. The van der Waals surface area contributed by atoms with Gasteiger partial charge < -0.3 is 4.57 Å². The lowest BCUT2D eigenvalue weighted by atomic mass is 10.2. The van der Waals surface area contributed by atoms with Gasteiger partial charge in [0.25, 0.3) is 11.8 Å². The zero-order valence-corrected chi connectivity index (χ0v) is 17.2. The van der Waals surface area contributed by atoms with E-state index >= 15 is 0 Å². The van der Waals surface area contributed by atoms with E-state index in [1.807, 2.05) is 12.1 Å². The fourth-order valence-electron chi connectivity index (χ4n) is 2.35. The van der Waals surface area contributed by atoms with Crippen molar-refractivity contribution in [3.8, 4) is 0 Å². The summed E-state index contributed by atoms with van der Waals surface area (Å²) in [7, 11) is 1.76. The van der Waals surface area contributed by atoms with Gasteiger partial charge in [-0.1, -0.05) is 23.7 Å². The number of hydrazine groups is 1. The van der Waals surface area contributed by atoms with Crippen LogP contribution in [0, 0.1) is 0 Å². The summed E-state index contributed by atoms with van der Waals surface area (Å²) in [6, 6.07) is 8.95. The van der Waals surface area contributed by atoms with E-state index in [0.717, 1.165) is 14.6 Å². The molecule has 1 unspecified atom stereocenters. The summed E-state index contributed by atoms with van der Waals surface area (Å²) in [6.07, 6.45) is 0. The van der Waals surface area contributed by atoms with E-state index in [2.05, 4.69) is 37.3 Å². The highest BCUT2D eigenvalue weighted by atomic mass is 79.9. The molecule has 5 nitrogen and oxygen atoms in total. The van der Waals surface area contributed by atoms with E-state index in [0.29, 0.717) is 16.5 Å². The number of carbonyl (C=O) groups is 2. The van der Waals surface area contributed by atoms with Gasteiger partial charge in [-0.25, -0.2) is 5.01 Å². The van der Waals surface area contributed by atoms with Gasteiger partial charge in [-0.05, 0) is 55.6 Å². The average molecular weight is 494 g/mol. The van der Waals surface area contributed by atoms with Crippen molar-refractivity contribution in [1.29, 1.82) is 0 Å². The smallest absolute Gasteiger partial charge is 0.286 e. The minimum Gasteiger partial charge on any atom is -0.333 e. The summed E-state index contributed by atoms with van der Waals surface area (Å²) in [5, 5.41) is 1.73. The van der Waals surface area contributed by atoms with Gasteiger partial charge in [0, 0.05) is 12.1 Å². The van der Waals surface area contributed by atoms with Crippen LogP contribution in [-0.2, 0) is 11.8 Å². The van der Waals surface area contributed by atoms with Gasteiger partial charge in [0.05, 0.1) is 14.8 Å². The summed E-state index contributed by atoms with van der Waals surface area (Å²) in [4.78, 5) is 24.8. The van der Waals surface area contributed by atoms with Crippen LogP contribution < -0.4 is 5.43 Å². The van der Waals surface area contributed by atoms with Crippen molar-refractivity contribution in [3.63, 3.8) is 0 Å². The third-order valence-electron chi connectivity index (χ3n) is 3.59.